The van der Waals surface area contributed by atoms with Gasteiger partial charge in [-0.2, -0.15) is 0 Å². The van der Waals surface area contributed by atoms with E-state index < -0.39 is 5.97 Å². The molecule has 1 aliphatic carbocycles. The second kappa shape index (κ2) is 3.08. The summed E-state index contributed by atoms with van der Waals surface area (Å²) >= 11 is 0. The van der Waals surface area contributed by atoms with Gasteiger partial charge >= 0.3 is 5.97 Å². The molecule has 1 N–H and O–H groups in total. The van der Waals surface area contributed by atoms with Gasteiger partial charge in [0.15, 0.2) is 0 Å². The van der Waals surface area contributed by atoms with E-state index >= 15 is 0 Å². The van der Waals surface area contributed by atoms with Crippen molar-refractivity contribution in [1.82, 2.24) is 0 Å². The van der Waals surface area contributed by atoms with E-state index in [1.807, 2.05) is 0 Å². The lowest BCUT2D eigenvalue weighted by atomic mass is 9.68. The lowest BCUT2D eigenvalue weighted by Crippen LogP contribution is -2.31. The third-order valence-electron chi connectivity index (χ3n) is 2.74. The number of hydrogen-bond acceptors (Lipinski definition) is 1. The molecular formula is C10H18O2. The van der Waals surface area contributed by atoms with Gasteiger partial charge in [-0.1, -0.05) is 20.8 Å². The van der Waals surface area contributed by atoms with Gasteiger partial charge in [0, 0.05) is 0 Å². The van der Waals surface area contributed by atoms with Crippen molar-refractivity contribution in [1.29, 1.82) is 0 Å². The molecule has 0 bridgehead atoms. The Morgan fingerprint density at radius 2 is 2.00 bits per heavy atom. The van der Waals surface area contributed by atoms with Crippen LogP contribution in [0.4, 0.5) is 0 Å². The summed E-state index contributed by atoms with van der Waals surface area (Å²) in [6.45, 7) is 6.48. The van der Waals surface area contributed by atoms with Crippen LogP contribution in [0.15, 0.2) is 0 Å². The van der Waals surface area contributed by atoms with Crippen molar-refractivity contribution in [2.75, 3.05) is 0 Å². The van der Waals surface area contributed by atoms with Crippen LogP contribution in [0.3, 0.4) is 0 Å². The average Bonchev–Trinajstić information content (AvgIpc) is 1.82. The topological polar surface area (TPSA) is 37.3 Å². The molecule has 0 spiro atoms. The van der Waals surface area contributed by atoms with Gasteiger partial charge in [0.05, 0.1) is 5.92 Å². The van der Waals surface area contributed by atoms with Crippen LogP contribution in [0.1, 0.15) is 40.0 Å². The molecule has 1 rings (SSSR count). The summed E-state index contributed by atoms with van der Waals surface area (Å²) in [5.41, 5.74) is 0.223. The number of carboxylic acids is 1. The number of carbonyl (C=O) groups is 1. The van der Waals surface area contributed by atoms with Crippen molar-refractivity contribution in [2.24, 2.45) is 17.3 Å². The molecule has 0 unspecified atom stereocenters. The van der Waals surface area contributed by atoms with E-state index in [0.29, 0.717) is 5.92 Å². The lowest BCUT2D eigenvalue weighted by molar-refractivity contribution is -0.145. The first-order valence-electron chi connectivity index (χ1n) is 4.63. The highest BCUT2D eigenvalue weighted by Crippen LogP contribution is 2.41. The molecule has 0 saturated heterocycles. The van der Waals surface area contributed by atoms with E-state index in [-0.39, 0.29) is 11.3 Å². The second-order valence-corrected chi connectivity index (χ2v) is 4.95. The Balaban J connectivity index is 2.64. The summed E-state index contributed by atoms with van der Waals surface area (Å²) in [4.78, 5) is 10.8. The average molecular weight is 170 g/mol. The fourth-order valence-electron chi connectivity index (χ4n) is 2.53. The zero-order chi connectivity index (χ0) is 9.35. The van der Waals surface area contributed by atoms with Gasteiger partial charge in [-0.3, -0.25) is 4.79 Å². The third kappa shape index (κ3) is 2.23. The van der Waals surface area contributed by atoms with Gasteiger partial charge < -0.3 is 5.11 Å². The summed E-state index contributed by atoms with van der Waals surface area (Å²) < 4.78 is 0. The van der Waals surface area contributed by atoms with Crippen LogP contribution < -0.4 is 0 Å². The number of hydrogen-bond donors (Lipinski definition) is 1. The SMILES string of the molecule is C[C@@H]1C[C@H](C(=O)O)CC(C)(C)C1. The Hall–Kier alpha value is -0.530. The van der Waals surface area contributed by atoms with E-state index in [1.165, 1.54) is 0 Å². The van der Waals surface area contributed by atoms with Crippen LogP contribution >= 0.6 is 0 Å². The zero-order valence-corrected chi connectivity index (χ0v) is 8.13. The van der Waals surface area contributed by atoms with Crippen molar-refractivity contribution >= 4 is 5.97 Å². The minimum Gasteiger partial charge on any atom is -0.481 e. The molecule has 70 valence electrons. The van der Waals surface area contributed by atoms with Gasteiger partial charge in [0.25, 0.3) is 0 Å². The van der Waals surface area contributed by atoms with Gasteiger partial charge in [-0.15, -0.1) is 0 Å². The fraction of sp³-hybridized carbons (Fsp3) is 0.900. The first kappa shape index (κ1) is 9.56. The van der Waals surface area contributed by atoms with Crippen LogP contribution in [-0.4, -0.2) is 11.1 Å². The molecule has 1 fully saturated rings. The maximum Gasteiger partial charge on any atom is 0.306 e. The van der Waals surface area contributed by atoms with Crippen molar-refractivity contribution in [3.05, 3.63) is 0 Å². The Bertz CT molecular complexity index is 184. The van der Waals surface area contributed by atoms with Crippen LogP contribution in [0.2, 0.25) is 0 Å². The van der Waals surface area contributed by atoms with Crippen molar-refractivity contribution in [2.45, 2.75) is 40.0 Å². The van der Waals surface area contributed by atoms with E-state index in [9.17, 15) is 4.79 Å². The molecule has 0 aliphatic heterocycles. The predicted octanol–water partition coefficient (Wildman–Crippen LogP) is 2.53. The van der Waals surface area contributed by atoms with Gasteiger partial charge in [0.1, 0.15) is 0 Å². The lowest BCUT2D eigenvalue weighted by Gasteiger charge is -2.37. The van der Waals surface area contributed by atoms with Crippen LogP contribution in [-0.2, 0) is 4.79 Å². The molecule has 0 radical (unpaired) electrons. The molecular weight excluding hydrogens is 152 g/mol. The maximum absolute atomic E-state index is 10.8. The Kier molecular flexibility index (Phi) is 2.45. The van der Waals surface area contributed by atoms with Gasteiger partial charge in [0.2, 0.25) is 0 Å². The van der Waals surface area contributed by atoms with Crippen molar-refractivity contribution in [3.8, 4) is 0 Å². The molecule has 0 heterocycles. The second-order valence-electron chi connectivity index (χ2n) is 4.95. The Morgan fingerprint density at radius 3 is 2.42 bits per heavy atom. The van der Waals surface area contributed by atoms with Gasteiger partial charge in [-0.25, -0.2) is 0 Å². The fourth-order valence-corrected chi connectivity index (χ4v) is 2.53. The molecule has 2 nitrogen and oxygen atoms in total. The van der Waals surface area contributed by atoms with Crippen LogP contribution in [0.5, 0.6) is 0 Å². The van der Waals surface area contributed by atoms with E-state index in [1.54, 1.807) is 0 Å². The monoisotopic (exact) mass is 170 g/mol. The summed E-state index contributed by atoms with van der Waals surface area (Å²) in [6.07, 6.45) is 2.86. The molecule has 1 aliphatic rings. The van der Waals surface area contributed by atoms with E-state index in [2.05, 4.69) is 20.8 Å². The van der Waals surface area contributed by atoms with E-state index in [0.717, 1.165) is 19.3 Å². The summed E-state index contributed by atoms with van der Waals surface area (Å²) in [5.74, 6) is -0.159. The number of aliphatic carboxylic acids is 1. The minimum atomic E-state index is -0.616. The minimum absolute atomic E-state index is 0.108. The summed E-state index contributed by atoms with van der Waals surface area (Å²) in [7, 11) is 0. The summed E-state index contributed by atoms with van der Waals surface area (Å²) in [5, 5.41) is 8.89. The third-order valence-corrected chi connectivity index (χ3v) is 2.74. The molecule has 2 heteroatoms. The quantitative estimate of drug-likeness (QED) is 0.656. The standard InChI is InChI=1S/C10H18O2/c1-7-4-8(9(11)12)6-10(2,3)5-7/h7-8H,4-6H2,1-3H3,(H,11,12)/t7-,8+/m1/s1. The Morgan fingerprint density at radius 1 is 1.42 bits per heavy atom. The highest BCUT2D eigenvalue weighted by atomic mass is 16.4. The highest BCUT2D eigenvalue weighted by molar-refractivity contribution is 5.70. The summed E-state index contributed by atoms with van der Waals surface area (Å²) in [6, 6.07) is 0. The van der Waals surface area contributed by atoms with Crippen molar-refractivity contribution in [3.63, 3.8) is 0 Å². The zero-order valence-electron chi connectivity index (χ0n) is 8.13. The van der Waals surface area contributed by atoms with E-state index in [4.69, 9.17) is 5.11 Å². The number of carboxylic acid groups (broad SMARTS) is 1. The maximum atomic E-state index is 10.8. The first-order chi connectivity index (χ1) is 5.41. The van der Waals surface area contributed by atoms with Crippen LogP contribution in [0.25, 0.3) is 0 Å². The van der Waals surface area contributed by atoms with Crippen LogP contribution in [0, 0.1) is 17.3 Å². The Labute approximate surface area is 74.0 Å². The van der Waals surface area contributed by atoms with Crippen molar-refractivity contribution < 1.29 is 9.90 Å². The molecule has 12 heavy (non-hydrogen) atoms. The van der Waals surface area contributed by atoms with Gasteiger partial charge in [-0.05, 0) is 30.6 Å². The first-order valence-corrected chi connectivity index (χ1v) is 4.63. The number of rotatable bonds is 1. The molecule has 0 amide bonds. The largest absolute Gasteiger partial charge is 0.481 e. The molecule has 1 saturated carbocycles. The smallest absolute Gasteiger partial charge is 0.306 e. The molecule has 2 atom stereocenters. The normalized spacial score (nSPS) is 34.6. The molecule has 0 aromatic heterocycles. The predicted molar refractivity (Wildman–Crippen MR) is 47.9 cm³/mol. The molecule has 0 aromatic carbocycles. The highest BCUT2D eigenvalue weighted by Gasteiger charge is 2.35. The molecule has 0 aromatic rings.